The van der Waals surface area contributed by atoms with Crippen molar-refractivity contribution in [2.45, 2.75) is 0 Å². The largest absolute Gasteiger partial charge is 0.311 e. The molecule has 0 aromatic heterocycles. The Hall–Kier alpha value is -3.57. The maximum absolute atomic E-state index is 13.0. The van der Waals surface area contributed by atoms with Crippen molar-refractivity contribution in [3.8, 4) is 11.8 Å². The Bertz CT molecular complexity index is 949. The third kappa shape index (κ3) is 4.49. The highest BCUT2D eigenvalue weighted by atomic mass is 16.2. The first-order valence-corrected chi connectivity index (χ1v) is 8.41. The van der Waals surface area contributed by atoms with Crippen molar-refractivity contribution < 1.29 is 4.79 Å². The number of para-hydroxylation sites is 1. The summed E-state index contributed by atoms with van der Waals surface area (Å²) in [4.78, 5) is 14.6. The number of hydrogen-bond acceptors (Lipinski definition) is 1. The number of amides is 1. The summed E-state index contributed by atoms with van der Waals surface area (Å²) in [6.45, 7) is 0. The van der Waals surface area contributed by atoms with Crippen LogP contribution < -0.4 is 4.90 Å². The van der Waals surface area contributed by atoms with Gasteiger partial charge in [0.15, 0.2) is 0 Å². The van der Waals surface area contributed by atoms with E-state index >= 15 is 0 Å². The fraction of sp³-hybridized carbons (Fsp3) is 0.0417. The van der Waals surface area contributed by atoms with Crippen LogP contribution in [-0.4, -0.2) is 13.0 Å². The molecule has 3 aromatic carbocycles. The summed E-state index contributed by atoms with van der Waals surface area (Å²) >= 11 is 0. The van der Waals surface area contributed by atoms with E-state index < -0.39 is 0 Å². The van der Waals surface area contributed by atoms with Crippen molar-refractivity contribution in [1.82, 2.24) is 0 Å². The van der Waals surface area contributed by atoms with E-state index in [0.717, 1.165) is 16.8 Å². The molecule has 0 N–H and O–H groups in total. The van der Waals surface area contributed by atoms with Gasteiger partial charge in [-0.2, -0.15) is 0 Å². The van der Waals surface area contributed by atoms with Crippen LogP contribution in [0.15, 0.2) is 96.6 Å². The Morgan fingerprint density at radius 1 is 0.808 bits per heavy atom. The zero-order chi connectivity index (χ0) is 18.2. The zero-order valence-corrected chi connectivity index (χ0v) is 14.6. The van der Waals surface area contributed by atoms with Gasteiger partial charge in [0.2, 0.25) is 0 Å². The lowest BCUT2D eigenvalue weighted by molar-refractivity contribution is -0.114. The van der Waals surface area contributed by atoms with E-state index in [1.54, 1.807) is 11.9 Å². The summed E-state index contributed by atoms with van der Waals surface area (Å²) in [5, 5.41) is 0. The van der Waals surface area contributed by atoms with Gasteiger partial charge in [0, 0.05) is 18.3 Å². The minimum absolute atomic E-state index is 0.136. The highest BCUT2D eigenvalue weighted by Crippen LogP contribution is 2.16. The molecule has 0 aliphatic rings. The van der Waals surface area contributed by atoms with Crippen molar-refractivity contribution in [3.05, 3.63) is 108 Å². The SMILES string of the molecule is CN(C(=O)/C(C#Cc1ccccc1)=C/c1ccccc1)c1ccccc1. The van der Waals surface area contributed by atoms with Gasteiger partial charge in [-0.15, -0.1) is 0 Å². The van der Waals surface area contributed by atoms with Crippen molar-refractivity contribution >= 4 is 17.7 Å². The number of rotatable bonds is 3. The monoisotopic (exact) mass is 337 g/mol. The lowest BCUT2D eigenvalue weighted by atomic mass is 10.1. The fourth-order valence-corrected chi connectivity index (χ4v) is 2.48. The molecule has 2 nitrogen and oxygen atoms in total. The Labute approximate surface area is 154 Å². The maximum atomic E-state index is 13.0. The Morgan fingerprint density at radius 2 is 1.35 bits per heavy atom. The number of benzene rings is 3. The molecule has 0 aliphatic heterocycles. The van der Waals surface area contributed by atoms with Crippen LogP contribution in [0.1, 0.15) is 11.1 Å². The molecule has 1 amide bonds. The maximum Gasteiger partial charge on any atom is 0.266 e. The van der Waals surface area contributed by atoms with Gasteiger partial charge >= 0.3 is 0 Å². The second kappa shape index (κ2) is 8.50. The molecule has 3 rings (SSSR count). The first-order valence-electron chi connectivity index (χ1n) is 8.41. The number of carbonyl (C=O) groups excluding carboxylic acids is 1. The van der Waals surface area contributed by atoms with E-state index in [4.69, 9.17) is 0 Å². The predicted octanol–water partition coefficient (Wildman–Crippen LogP) is 4.78. The van der Waals surface area contributed by atoms with Crippen molar-refractivity contribution in [2.75, 3.05) is 11.9 Å². The summed E-state index contributed by atoms with van der Waals surface area (Å²) in [6.07, 6.45) is 1.83. The quantitative estimate of drug-likeness (QED) is 0.497. The topological polar surface area (TPSA) is 20.3 Å². The Morgan fingerprint density at radius 3 is 1.96 bits per heavy atom. The molecule has 0 bridgehead atoms. The van der Waals surface area contributed by atoms with Crippen LogP contribution in [0.4, 0.5) is 5.69 Å². The van der Waals surface area contributed by atoms with E-state index in [1.165, 1.54) is 0 Å². The van der Waals surface area contributed by atoms with Gasteiger partial charge in [-0.25, -0.2) is 0 Å². The van der Waals surface area contributed by atoms with Crippen LogP contribution in [0, 0.1) is 11.8 Å². The summed E-state index contributed by atoms with van der Waals surface area (Å²) in [6, 6.07) is 29.0. The molecule has 0 saturated carbocycles. The number of nitrogens with zero attached hydrogens (tertiary/aromatic N) is 1. The molecule has 0 aliphatic carbocycles. The molecule has 126 valence electrons. The van der Waals surface area contributed by atoms with Gasteiger partial charge < -0.3 is 4.90 Å². The first kappa shape index (κ1) is 17.3. The van der Waals surface area contributed by atoms with E-state index in [-0.39, 0.29) is 5.91 Å². The van der Waals surface area contributed by atoms with Crippen LogP contribution >= 0.6 is 0 Å². The van der Waals surface area contributed by atoms with Gasteiger partial charge in [-0.1, -0.05) is 78.6 Å². The van der Waals surface area contributed by atoms with Crippen LogP contribution in [0.2, 0.25) is 0 Å². The molecule has 2 heteroatoms. The van der Waals surface area contributed by atoms with Gasteiger partial charge in [0.25, 0.3) is 5.91 Å². The van der Waals surface area contributed by atoms with Crippen LogP contribution in [0.25, 0.3) is 6.08 Å². The minimum atomic E-state index is -0.136. The third-order valence-electron chi connectivity index (χ3n) is 3.90. The third-order valence-corrected chi connectivity index (χ3v) is 3.90. The number of anilines is 1. The normalized spacial score (nSPS) is 10.6. The molecular formula is C24H19NO. The van der Waals surface area contributed by atoms with Crippen molar-refractivity contribution in [1.29, 1.82) is 0 Å². The predicted molar refractivity (Wildman–Crippen MR) is 108 cm³/mol. The molecule has 0 spiro atoms. The summed E-state index contributed by atoms with van der Waals surface area (Å²) in [5.41, 5.74) is 3.10. The van der Waals surface area contributed by atoms with Crippen molar-refractivity contribution in [2.24, 2.45) is 0 Å². The summed E-state index contributed by atoms with van der Waals surface area (Å²) in [7, 11) is 1.76. The standard InChI is InChI=1S/C24H19NO/c1-25(23-15-9-4-10-16-23)24(26)22(19-21-13-7-3-8-14-21)18-17-20-11-5-2-6-12-20/h2-16,19H,1H3/b22-19+. The average molecular weight is 337 g/mol. The fourth-order valence-electron chi connectivity index (χ4n) is 2.48. The number of carbonyl (C=O) groups is 1. The highest BCUT2D eigenvalue weighted by molar-refractivity contribution is 6.11. The van der Waals surface area contributed by atoms with E-state index in [0.29, 0.717) is 5.57 Å². The number of hydrogen-bond donors (Lipinski definition) is 0. The van der Waals surface area contributed by atoms with E-state index in [1.807, 2.05) is 97.1 Å². The van der Waals surface area contributed by atoms with E-state index in [2.05, 4.69) is 11.8 Å². The van der Waals surface area contributed by atoms with Gasteiger partial charge in [0.05, 0.1) is 5.57 Å². The molecule has 0 atom stereocenters. The van der Waals surface area contributed by atoms with Gasteiger partial charge in [-0.3, -0.25) is 4.79 Å². The minimum Gasteiger partial charge on any atom is -0.311 e. The van der Waals surface area contributed by atoms with Crippen molar-refractivity contribution in [3.63, 3.8) is 0 Å². The molecule has 0 saturated heterocycles. The lowest BCUT2D eigenvalue weighted by Crippen LogP contribution is -2.27. The zero-order valence-electron chi connectivity index (χ0n) is 14.6. The van der Waals surface area contributed by atoms with Gasteiger partial charge in [0.1, 0.15) is 0 Å². The summed E-state index contributed by atoms with van der Waals surface area (Å²) in [5.74, 6) is 6.01. The summed E-state index contributed by atoms with van der Waals surface area (Å²) < 4.78 is 0. The van der Waals surface area contributed by atoms with Gasteiger partial charge in [-0.05, 0) is 35.9 Å². The molecule has 0 fully saturated rings. The van der Waals surface area contributed by atoms with Crippen LogP contribution in [0.5, 0.6) is 0 Å². The molecule has 3 aromatic rings. The smallest absolute Gasteiger partial charge is 0.266 e. The molecular weight excluding hydrogens is 318 g/mol. The Kier molecular flexibility index (Phi) is 5.65. The second-order valence-electron chi connectivity index (χ2n) is 5.78. The van der Waals surface area contributed by atoms with E-state index in [9.17, 15) is 4.79 Å². The average Bonchev–Trinajstić information content (AvgIpc) is 2.72. The highest BCUT2D eigenvalue weighted by Gasteiger charge is 2.14. The second-order valence-corrected chi connectivity index (χ2v) is 5.78. The molecule has 0 heterocycles. The van der Waals surface area contributed by atoms with Crippen LogP contribution in [0.3, 0.4) is 0 Å². The molecule has 0 unspecified atom stereocenters. The Balaban J connectivity index is 1.97. The first-order chi connectivity index (χ1) is 12.7. The molecule has 0 radical (unpaired) electrons. The number of likely N-dealkylation sites (N-methyl/N-ethyl adjacent to an activating group) is 1. The van der Waals surface area contributed by atoms with Crippen LogP contribution in [-0.2, 0) is 4.79 Å². The lowest BCUT2D eigenvalue weighted by Gasteiger charge is -2.17. The molecule has 26 heavy (non-hydrogen) atoms.